The standard InChI is InChI=1S/C13H15NO3/c1-7(2)8-4-3-5-9-10(6-11(15)16)13(17)14-12(8)9/h3-5,7,10H,6H2,1-2H3,(H,14,17)(H,15,16). The highest BCUT2D eigenvalue weighted by molar-refractivity contribution is 6.05. The molecule has 1 aliphatic heterocycles. The maximum absolute atomic E-state index is 11.8. The van der Waals surface area contributed by atoms with Crippen LogP contribution in [0.15, 0.2) is 18.2 Å². The van der Waals surface area contributed by atoms with E-state index in [4.69, 9.17) is 5.11 Å². The number of carboxylic acids is 1. The van der Waals surface area contributed by atoms with Gasteiger partial charge < -0.3 is 10.4 Å². The van der Waals surface area contributed by atoms with E-state index >= 15 is 0 Å². The molecule has 1 atom stereocenters. The Balaban J connectivity index is 2.44. The molecule has 1 aromatic carbocycles. The third-order valence-corrected chi connectivity index (χ3v) is 3.07. The molecule has 4 heteroatoms. The molecule has 0 fully saturated rings. The van der Waals surface area contributed by atoms with Crippen LogP contribution in [0.3, 0.4) is 0 Å². The fraction of sp³-hybridized carbons (Fsp3) is 0.385. The Morgan fingerprint density at radius 3 is 2.76 bits per heavy atom. The van der Waals surface area contributed by atoms with Crippen LogP contribution in [0, 0.1) is 0 Å². The van der Waals surface area contributed by atoms with Crippen molar-refractivity contribution in [2.45, 2.75) is 32.1 Å². The molecule has 90 valence electrons. The maximum atomic E-state index is 11.8. The number of amides is 1. The van der Waals surface area contributed by atoms with E-state index in [1.807, 2.05) is 32.0 Å². The molecule has 1 aromatic rings. The van der Waals surface area contributed by atoms with Crippen LogP contribution in [-0.4, -0.2) is 17.0 Å². The van der Waals surface area contributed by atoms with Crippen molar-refractivity contribution in [3.05, 3.63) is 29.3 Å². The highest BCUT2D eigenvalue weighted by Crippen LogP contribution is 2.39. The molecular weight excluding hydrogens is 218 g/mol. The molecule has 0 bridgehead atoms. The van der Waals surface area contributed by atoms with Gasteiger partial charge >= 0.3 is 5.97 Å². The number of hydrogen-bond acceptors (Lipinski definition) is 2. The lowest BCUT2D eigenvalue weighted by Gasteiger charge is -2.11. The highest BCUT2D eigenvalue weighted by atomic mass is 16.4. The minimum absolute atomic E-state index is 0.152. The zero-order chi connectivity index (χ0) is 12.6. The minimum atomic E-state index is -0.951. The fourth-order valence-electron chi connectivity index (χ4n) is 2.23. The molecular formula is C13H15NO3. The number of rotatable bonds is 3. The van der Waals surface area contributed by atoms with Gasteiger partial charge in [0.1, 0.15) is 0 Å². The van der Waals surface area contributed by atoms with Crippen LogP contribution in [0.25, 0.3) is 0 Å². The molecule has 2 rings (SSSR count). The summed E-state index contributed by atoms with van der Waals surface area (Å²) in [6.45, 7) is 4.10. The van der Waals surface area contributed by atoms with Crippen molar-refractivity contribution in [2.75, 3.05) is 5.32 Å². The van der Waals surface area contributed by atoms with E-state index in [-0.39, 0.29) is 12.3 Å². The molecule has 0 aliphatic carbocycles. The number of nitrogens with one attached hydrogen (secondary N) is 1. The first-order valence-electron chi connectivity index (χ1n) is 5.66. The normalized spacial score (nSPS) is 18.1. The van der Waals surface area contributed by atoms with Gasteiger partial charge in [-0.2, -0.15) is 0 Å². The van der Waals surface area contributed by atoms with Gasteiger partial charge in [0.2, 0.25) is 5.91 Å². The molecule has 0 spiro atoms. The first-order chi connectivity index (χ1) is 8.00. The molecule has 1 amide bonds. The minimum Gasteiger partial charge on any atom is -0.481 e. The van der Waals surface area contributed by atoms with Crippen molar-refractivity contribution in [3.8, 4) is 0 Å². The van der Waals surface area contributed by atoms with E-state index in [0.717, 1.165) is 16.8 Å². The number of anilines is 1. The number of carbonyl (C=O) groups is 2. The predicted octanol–water partition coefficient (Wildman–Crippen LogP) is 2.32. The molecule has 2 N–H and O–H groups in total. The van der Waals surface area contributed by atoms with Gasteiger partial charge in [-0.3, -0.25) is 9.59 Å². The van der Waals surface area contributed by atoms with Crippen molar-refractivity contribution in [1.29, 1.82) is 0 Å². The fourth-order valence-corrected chi connectivity index (χ4v) is 2.23. The van der Waals surface area contributed by atoms with Crippen molar-refractivity contribution in [1.82, 2.24) is 0 Å². The number of para-hydroxylation sites is 1. The summed E-state index contributed by atoms with van der Waals surface area (Å²) in [6, 6.07) is 5.67. The van der Waals surface area contributed by atoms with Crippen molar-refractivity contribution in [2.24, 2.45) is 0 Å². The number of benzene rings is 1. The van der Waals surface area contributed by atoms with Crippen LogP contribution < -0.4 is 5.32 Å². The second-order valence-electron chi connectivity index (χ2n) is 4.61. The van der Waals surface area contributed by atoms with E-state index in [1.165, 1.54) is 0 Å². The van der Waals surface area contributed by atoms with Crippen LogP contribution in [-0.2, 0) is 9.59 Å². The average Bonchev–Trinajstić information content (AvgIpc) is 2.54. The zero-order valence-corrected chi connectivity index (χ0v) is 9.86. The van der Waals surface area contributed by atoms with Gasteiger partial charge in [0.05, 0.1) is 12.3 Å². The van der Waals surface area contributed by atoms with Crippen molar-refractivity contribution < 1.29 is 14.7 Å². The summed E-state index contributed by atoms with van der Waals surface area (Å²) in [5, 5.41) is 11.6. The predicted molar refractivity (Wildman–Crippen MR) is 64.2 cm³/mol. The maximum Gasteiger partial charge on any atom is 0.304 e. The number of fused-ring (bicyclic) bond motifs is 1. The monoisotopic (exact) mass is 233 g/mol. The second kappa shape index (κ2) is 4.20. The van der Waals surface area contributed by atoms with Crippen LogP contribution in [0.5, 0.6) is 0 Å². The van der Waals surface area contributed by atoms with Crippen LogP contribution in [0.1, 0.15) is 43.2 Å². The molecule has 0 saturated carbocycles. The Hall–Kier alpha value is -1.84. The Morgan fingerprint density at radius 1 is 1.47 bits per heavy atom. The number of aliphatic carboxylic acids is 1. The van der Waals surface area contributed by atoms with Crippen molar-refractivity contribution in [3.63, 3.8) is 0 Å². The lowest BCUT2D eigenvalue weighted by molar-refractivity contribution is -0.138. The number of carboxylic acid groups (broad SMARTS) is 1. The van der Waals surface area contributed by atoms with Gasteiger partial charge in [-0.15, -0.1) is 0 Å². The van der Waals surface area contributed by atoms with Crippen LogP contribution in [0.2, 0.25) is 0 Å². The average molecular weight is 233 g/mol. The first kappa shape index (κ1) is 11.6. The summed E-state index contributed by atoms with van der Waals surface area (Å²) in [6.07, 6.45) is -0.152. The van der Waals surface area contributed by atoms with Gasteiger partial charge in [-0.1, -0.05) is 32.0 Å². The smallest absolute Gasteiger partial charge is 0.304 e. The summed E-state index contributed by atoms with van der Waals surface area (Å²) in [5.74, 6) is -1.42. The van der Waals surface area contributed by atoms with Gasteiger partial charge in [0.15, 0.2) is 0 Å². The molecule has 0 saturated heterocycles. The van der Waals surface area contributed by atoms with Crippen LogP contribution in [0.4, 0.5) is 5.69 Å². The lowest BCUT2D eigenvalue weighted by Crippen LogP contribution is -2.15. The Bertz CT molecular complexity index is 480. The Kier molecular flexibility index (Phi) is 2.88. The van der Waals surface area contributed by atoms with Crippen LogP contribution >= 0.6 is 0 Å². The molecule has 1 heterocycles. The molecule has 4 nitrogen and oxygen atoms in total. The SMILES string of the molecule is CC(C)c1cccc2c1NC(=O)C2CC(=O)O. The van der Waals surface area contributed by atoms with E-state index in [1.54, 1.807) is 0 Å². The summed E-state index contributed by atoms with van der Waals surface area (Å²) in [5.41, 5.74) is 2.67. The van der Waals surface area contributed by atoms with Gasteiger partial charge in [-0.05, 0) is 17.0 Å². The number of hydrogen-bond donors (Lipinski definition) is 2. The topological polar surface area (TPSA) is 66.4 Å². The second-order valence-corrected chi connectivity index (χ2v) is 4.61. The van der Waals surface area contributed by atoms with Crippen molar-refractivity contribution >= 4 is 17.6 Å². The van der Waals surface area contributed by atoms with E-state index < -0.39 is 11.9 Å². The van der Waals surface area contributed by atoms with Gasteiger partial charge in [0, 0.05) is 5.69 Å². The summed E-state index contributed by atoms with van der Waals surface area (Å²) in [4.78, 5) is 22.5. The highest BCUT2D eigenvalue weighted by Gasteiger charge is 2.33. The molecule has 0 radical (unpaired) electrons. The summed E-state index contributed by atoms with van der Waals surface area (Å²) >= 11 is 0. The molecule has 1 aliphatic rings. The first-order valence-corrected chi connectivity index (χ1v) is 5.66. The quantitative estimate of drug-likeness (QED) is 0.842. The third kappa shape index (κ3) is 2.02. The van der Waals surface area contributed by atoms with Gasteiger partial charge in [0.25, 0.3) is 0 Å². The van der Waals surface area contributed by atoms with E-state index in [2.05, 4.69) is 5.32 Å². The Morgan fingerprint density at radius 2 is 2.18 bits per heavy atom. The van der Waals surface area contributed by atoms with Gasteiger partial charge in [-0.25, -0.2) is 0 Å². The Labute approximate surface area is 99.6 Å². The molecule has 0 aromatic heterocycles. The zero-order valence-electron chi connectivity index (χ0n) is 9.86. The largest absolute Gasteiger partial charge is 0.481 e. The lowest BCUT2D eigenvalue weighted by atomic mass is 9.92. The van der Waals surface area contributed by atoms with E-state index in [9.17, 15) is 9.59 Å². The summed E-state index contributed by atoms with van der Waals surface area (Å²) in [7, 11) is 0. The third-order valence-electron chi connectivity index (χ3n) is 3.07. The van der Waals surface area contributed by atoms with E-state index in [0.29, 0.717) is 5.92 Å². The number of carbonyl (C=O) groups excluding carboxylic acids is 1. The molecule has 17 heavy (non-hydrogen) atoms. The summed E-state index contributed by atoms with van der Waals surface area (Å²) < 4.78 is 0. The molecule has 1 unspecified atom stereocenters.